The van der Waals surface area contributed by atoms with E-state index in [1.807, 2.05) is 30.7 Å². The smallest absolute Gasteiger partial charge is 0.257 e. The van der Waals surface area contributed by atoms with Crippen molar-refractivity contribution in [2.24, 2.45) is 0 Å². The standard InChI is InChI=1S/C15H24N2O4/c1-11-8-14(12(2)21-11)15(19)17-5-7-20-10-13(17)9-16(3)4-6-18/h8,13,18H,4-7,9-10H2,1-3H3/t13-/m1/s1. The zero-order chi connectivity index (χ0) is 15.4. The molecule has 118 valence electrons. The van der Waals surface area contributed by atoms with Gasteiger partial charge in [0.05, 0.1) is 31.4 Å². The minimum absolute atomic E-state index is 0.00240. The fourth-order valence-electron chi connectivity index (χ4n) is 2.69. The highest BCUT2D eigenvalue weighted by Gasteiger charge is 2.30. The average Bonchev–Trinajstić information content (AvgIpc) is 2.78. The molecule has 1 aliphatic heterocycles. The summed E-state index contributed by atoms with van der Waals surface area (Å²) in [4.78, 5) is 16.6. The minimum atomic E-state index is -0.00458. The Bertz CT molecular complexity index is 486. The molecule has 6 nitrogen and oxygen atoms in total. The van der Waals surface area contributed by atoms with E-state index in [0.29, 0.717) is 44.2 Å². The number of carbonyl (C=O) groups is 1. The highest BCUT2D eigenvalue weighted by molar-refractivity contribution is 5.95. The van der Waals surface area contributed by atoms with Crippen LogP contribution in [0.4, 0.5) is 0 Å². The van der Waals surface area contributed by atoms with E-state index >= 15 is 0 Å². The number of hydrogen-bond acceptors (Lipinski definition) is 5. The highest BCUT2D eigenvalue weighted by atomic mass is 16.5. The fourth-order valence-corrected chi connectivity index (χ4v) is 2.69. The molecule has 0 aliphatic carbocycles. The predicted molar refractivity (Wildman–Crippen MR) is 78.4 cm³/mol. The van der Waals surface area contributed by atoms with Gasteiger partial charge in [0.15, 0.2) is 0 Å². The quantitative estimate of drug-likeness (QED) is 0.865. The number of likely N-dealkylation sites (N-methyl/N-ethyl adjacent to an activating group) is 1. The Hall–Kier alpha value is -1.37. The zero-order valence-electron chi connectivity index (χ0n) is 13.0. The first kappa shape index (κ1) is 16.0. The van der Waals surface area contributed by atoms with Crippen LogP contribution in [0.1, 0.15) is 21.9 Å². The molecule has 0 saturated carbocycles. The molecular weight excluding hydrogens is 272 g/mol. The molecule has 21 heavy (non-hydrogen) atoms. The average molecular weight is 296 g/mol. The maximum atomic E-state index is 12.7. The van der Waals surface area contributed by atoms with Crippen LogP contribution in [0.15, 0.2) is 10.5 Å². The van der Waals surface area contributed by atoms with Gasteiger partial charge in [0, 0.05) is 19.6 Å². The summed E-state index contributed by atoms with van der Waals surface area (Å²) in [6.45, 7) is 6.70. The van der Waals surface area contributed by atoms with Gasteiger partial charge in [0.1, 0.15) is 11.5 Å². The Morgan fingerprint density at radius 1 is 1.52 bits per heavy atom. The van der Waals surface area contributed by atoms with E-state index in [4.69, 9.17) is 14.3 Å². The maximum absolute atomic E-state index is 12.7. The van der Waals surface area contributed by atoms with E-state index in [-0.39, 0.29) is 18.6 Å². The molecule has 1 fully saturated rings. The van der Waals surface area contributed by atoms with Crippen LogP contribution in [0.25, 0.3) is 0 Å². The Morgan fingerprint density at radius 3 is 2.90 bits per heavy atom. The lowest BCUT2D eigenvalue weighted by Gasteiger charge is -2.37. The Balaban J connectivity index is 2.10. The third-order valence-electron chi connectivity index (χ3n) is 3.76. The highest BCUT2D eigenvalue weighted by Crippen LogP contribution is 2.19. The lowest BCUT2D eigenvalue weighted by Crippen LogP contribution is -2.53. The number of carbonyl (C=O) groups excluding carboxylic acids is 1. The number of morpholine rings is 1. The number of nitrogens with zero attached hydrogens (tertiary/aromatic N) is 2. The van der Waals surface area contributed by atoms with Crippen LogP contribution in [-0.2, 0) is 4.74 Å². The summed E-state index contributed by atoms with van der Waals surface area (Å²) in [6, 6.07) is 1.79. The van der Waals surface area contributed by atoms with Gasteiger partial charge in [-0.15, -0.1) is 0 Å². The van der Waals surface area contributed by atoms with E-state index in [1.165, 1.54) is 0 Å². The molecule has 1 saturated heterocycles. The molecule has 0 aromatic carbocycles. The maximum Gasteiger partial charge on any atom is 0.257 e. The van der Waals surface area contributed by atoms with Crippen molar-refractivity contribution >= 4 is 5.91 Å². The van der Waals surface area contributed by atoms with Gasteiger partial charge in [-0.2, -0.15) is 0 Å². The number of aliphatic hydroxyl groups excluding tert-OH is 1. The van der Waals surface area contributed by atoms with Crippen molar-refractivity contribution < 1.29 is 19.1 Å². The van der Waals surface area contributed by atoms with Crippen LogP contribution < -0.4 is 0 Å². The topological polar surface area (TPSA) is 66.2 Å². The third kappa shape index (κ3) is 3.84. The normalized spacial score (nSPS) is 19.3. The fraction of sp³-hybridized carbons (Fsp3) is 0.667. The van der Waals surface area contributed by atoms with Gasteiger partial charge in [-0.1, -0.05) is 0 Å². The van der Waals surface area contributed by atoms with Gasteiger partial charge >= 0.3 is 0 Å². The summed E-state index contributed by atoms with van der Waals surface area (Å²) < 4.78 is 11.0. The van der Waals surface area contributed by atoms with Crippen molar-refractivity contribution in [2.75, 3.05) is 46.5 Å². The molecule has 0 unspecified atom stereocenters. The van der Waals surface area contributed by atoms with Crippen molar-refractivity contribution in [1.29, 1.82) is 0 Å². The SMILES string of the molecule is Cc1cc(C(=O)N2CCOC[C@H]2CN(C)CCO)c(C)o1. The molecule has 1 N–H and O–H groups in total. The number of aliphatic hydroxyl groups is 1. The number of aryl methyl sites for hydroxylation is 2. The van der Waals surface area contributed by atoms with Crippen LogP contribution >= 0.6 is 0 Å². The summed E-state index contributed by atoms with van der Waals surface area (Å²) in [7, 11) is 1.93. The number of hydrogen-bond donors (Lipinski definition) is 1. The van der Waals surface area contributed by atoms with Crippen LogP contribution in [0, 0.1) is 13.8 Å². The first-order valence-electron chi connectivity index (χ1n) is 7.28. The number of furan rings is 1. The monoisotopic (exact) mass is 296 g/mol. The lowest BCUT2D eigenvalue weighted by atomic mass is 10.1. The first-order chi connectivity index (χ1) is 10.0. The zero-order valence-corrected chi connectivity index (χ0v) is 13.0. The molecule has 0 bridgehead atoms. The molecule has 1 aromatic heterocycles. The van der Waals surface area contributed by atoms with Crippen LogP contribution in [0.5, 0.6) is 0 Å². The summed E-state index contributed by atoms with van der Waals surface area (Å²) in [5.41, 5.74) is 0.629. The van der Waals surface area contributed by atoms with Crippen molar-refractivity contribution in [3.63, 3.8) is 0 Å². The summed E-state index contributed by atoms with van der Waals surface area (Å²) >= 11 is 0. The van der Waals surface area contributed by atoms with E-state index in [9.17, 15) is 4.79 Å². The third-order valence-corrected chi connectivity index (χ3v) is 3.76. The minimum Gasteiger partial charge on any atom is -0.466 e. The Morgan fingerprint density at radius 2 is 2.29 bits per heavy atom. The molecule has 1 amide bonds. The molecule has 2 rings (SSSR count). The van der Waals surface area contributed by atoms with Gasteiger partial charge < -0.3 is 24.1 Å². The van der Waals surface area contributed by atoms with Gasteiger partial charge in [-0.25, -0.2) is 0 Å². The van der Waals surface area contributed by atoms with Crippen molar-refractivity contribution in [1.82, 2.24) is 9.80 Å². The van der Waals surface area contributed by atoms with Crippen LogP contribution in [-0.4, -0.2) is 73.4 Å². The second-order valence-electron chi connectivity index (χ2n) is 5.54. The largest absolute Gasteiger partial charge is 0.466 e. The summed E-state index contributed by atoms with van der Waals surface area (Å²) in [6.07, 6.45) is 0. The van der Waals surface area contributed by atoms with Crippen molar-refractivity contribution in [3.8, 4) is 0 Å². The summed E-state index contributed by atoms with van der Waals surface area (Å²) in [5, 5.41) is 8.99. The Kier molecular flexibility index (Phi) is 5.39. The van der Waals surface area contributed by atoms with Crippen LogP contribution in [0.3, 0.4) is 0 Å². The first-order valence-corrected chi connectivity index (χ1v) is 7.28. The molecule has 1 aromatic rings. The number of rotatable bonds is 5. The van der Waals surface area contributed by atoms with Crippen molar-refractivity contribution in [2.45, 2.75) is 19.9 Å². The predicted octanol–water partition coefficient (Wildman–Crippen LogP) is 0.662. The van der Waals surface area contributed by atoms with E-state index in [0.717, 1.165) is 5.76 Å². The Labute approximate surface area is 125 Å². The summed E-state index contributed by atoms with van der Waals surface area (Å²) in [5.74, 6) is 1.40. The molecule has 0 spiro atoms. The van der Waals surface area contributed by atoms with Crippen molar-refractivity contribution in [3.05, 3.63) is 23.2 Å². The molecule has 2 heterocycles. The molecular formula is C15H24N2O4. The van der Waals surface area contributed by atoms with Gasteiger partial charge in [0.2, 0.25) is 0 Å². The second-order valence-corrected chi connectivity index (χ2v) is 5.54. The molecule has 1 aliphatic rings. The molecule has 1 atom stereocenters. The molecule has 6 heteroatoms. The van der Waals surface area contributed by atoms with E-state index < -0.39 is 0 Å². The number of amides is 1. The molecule has 0 radical (unpaired) electrons. The van der Waals surface area contributed by atoms with Gasteiger partial charge in [0.25, 0.3) is 5.91 Å². The lowest BCUT2D eigenvalue weighted by molar-refractivity contribution is -0.0110. The number of ether oxygens (including phenoxy) is 1. The van der Waals surface area contributed by atoms with Gasteiger partial charge in [-0.05, 0) is 27.0 Å². The van der Waals surface area contributed by atoms with E-state index in [1.54, 1.807) is 6.07 Å². The van der Waals surface area contributed by atoms with Gasteiger partial charge in [-0.3, -0.25) is 4.79 Å². The second kappa shape index (κ2) is 7.06. The van der Waals surface area contributed by atoms with Crippen LogP contribution in [0.2, 0.25) is 0 Å². The van der Waals surface area contributed by atoms with E-state index in [2.05, 4.69) is 0 Å².